The van der Waals surface area contributed by atoms with Crippen LogP contribution in [0.2, 0.25) is 0 Å². The van der Waals surface area contributed by atoms with Crippen molar-refractivity contribution >= 4 is 17.7 Å². The van der Waals surface area contributed by atoms with Crippen LogP contribution in [0, 0.1) is 0 Å². The first kappa shape index (κ1) is 14.0. The zero-order valence-corrected chi connectivity index (χ0v) is 10.5. The molecule has 1 rings (SSSR count). The van der Waals surface area contributed by atoms with Crippen molar-refractivity contribution in [2.24, 2.45) is 0 Å². The lowest BCUT2D eigenvalue weighted by molar-refractivity contribution is -0.119. The Morgan fingerprint density at radius 1 is 1.39 bits per heavy atom. The smallest absolute Gasteiger partial charge is 0.341 e. The van der Waals surface area contributed by atoms with Crippen molar-refractivity contribution in [2.45, 2.75) is 13.8 Å². The second-order valence-corrected chi connectivity index (χ2v) is 3.43. The van der Waals surface area contributed by atoms with Crippen molar-refractivity contribution in [3.8, 4) is 0 Å². The highest BCUT2D eigenvalue weighted by Gasteiger charge is 2.13. The zero-order valence-electron chi connectivity index (χ0n) is 10.5. The maximum Gasteiger partial charge on any atom is 0.341 e. The average molecular weight is 251 g/mol. The number of rotatable bonds is 6. The van der Waals surface area contributed by atoms with E-state index in [2.05, 4.69) is 15.6 Å². The molecule has 0 unspecified atom stereocenters. The van der Waals surface area contributed by atoms with E-state index in [0.717, 1.165) is 0 Å². The molecule has 0 spiro atoms. The van der Waals surface area contributed by atoms with Gasteiger partial charge in [-0.2, -0.15) is 0 Å². The van der Waals surface area contributed by atoms with Crippen molar-refractivity contribution in [1.82, 2.24) is 10.3 Å². The SMILES string of the molecule is CCNC(=O)CNc1ncccc1C(=O)OCC. The van der Waals surface area contributed by atoms with E-state index >= 15 is 0 Å². The first-order valence-corrected chi connectivity index (χ1v) is 5.81. The molecule has 0 atom stereocenters. The van der Waals surface area contributed by atoms with E-state index < -0.39 is 5.97 Å². The summed E-state index contributed by atoms with van der Waals surface area (Å²) in [7, 11) is 0. The first-order chi connectivity index (χ1) is 8.69. The quantitative estimate of drug-likeness (QED) is 0.731. The van der Waals surface area contributed by atoms with Gasteiger partial charge in [-0.15, -0.1) is 0 Å². The molecule has 1 amide bonds. The second-order valence-electron chi connectivity index (χ2n) is 3.43. The standard InChI is InChI=1S/C12H17N3O3/c1-3-13-10(16)8-15-11-9(6-5-7-14-11)12(17)18-4-2/h5-7H,3-4,8H2,1-2H3,(H,13,16)(H,14,15). The van der Waals surface area contributed by atoms with E-state index in [-0.39, 0.29) is 12.5 Å². The fourth-order valence-corrected chi connectivity index (χ4v) is 1.34. The maximum atomic E-state index is 11.6. The molecular weight excluding hydrogens is 234 g/mol. The van der Waals surface area contributed by atoms with E-state index in [1.807, 2.05) is 6.92 Å². The number of nitrogens with one attached hydrogen (secondary N) is 2. The second kappa shape index (κ2) is 7.26. The van der Waals surface area contributed by atoms with Crippen LogP contribution in [0.25, 0.3) is 0 Å². The highest BCUT2D eigenvalue weighted by atomic mass is 16.5. The number of hydrogen-bond donors (Lipinski definition) is 2. The van der Waals surface area contributed by atoms with Gasteiger partial charge in [0.1, 0.15) is 11.4 Å². The summed E-state index contributed by atoms with van der Waals surface area (Å²) in [5.41, 5.74) is 0.323. The summed E-state index contributed by atoms with van der Waals surface area (Å²) >= 11 is 0. The molecule has 1 aromatic rings. The van der Waals surface area contributed by atoms with Crippen LogP contribution in [0.3, 0.4) is 0 Å². The topological polar surface area (TPSA) is 80.3 Å². The van der Waals surface area contributed by atoms with Gasteiger partial charge in [0.2, 0.25) is 5.91 Å². The van der Waals surface area contributed by atoms with Crippen LogP contribution in [-0.2, 0) is 9.53 Å². The highest BCUT2D eigenvalue weighted by molar-refractivity contribution is 5.95. The lowest BCUT2D eigenvalue weighted by Gasteiger charge is -2.09. The summed E-state index contributed by atoms with van der Waals surface area (Å²) in [6, 6.07) is 3.24. The molecule has 1 heterocycles. The van der Waals surface area contributed by atoms with E-state index in [9.17, 15) is 9.59 Å². The van der Waals surface area contributed by atoms with Crippen LogP contribution in [0.1, 0.15) is 24.2 Å². The molecule has 0 bridgehead atoms. The summed E-state index contributed by atoms with van der Waals surface area (Å²) in [5.74, 6) is -0.260. The first-order valence-electron chi connectivity index (χ1n) is 5.81. The summed E-state index contributed by atoms with van der Waals surface area (Å²) in [6.07, 6.45) is 1.54. The number of nitrogens with zero attached hydrogens (tertiary/aromatic N) is 1. The van der Waals surface area contributed by atoms with E-state index in [0.29, 0.717) is 24.5 Å². The molecule has 0 aromatic carbocycles. The Kier molecular flexibility index (Phi) is 5.63. The molecule has 0 radical (unpaired) electrons. The lowest BCUT2D eigenvalue weighted by atomic mass is 10.2. The number of carbonyl (C=O) groups is 2. The predicted molar refractivity (Wildman–Crippen MR) is 67.4 cm³/mol. The molecule has 6 heteroatoms. The van der Waals surface area contributed by atoms with E-state index in [1.165, 1.54) is 0 Å². The Balaban J connectivity index is 2.70. The number of pyridine rings is 1. The number of likely N-dealkylation sites (N-methyl/N-ethyl adjacent to an activating group) is 1. The number of aromatic nitrogens is 1. The van der Waals surface area contributed by atoms with Crippen LogP contribution in [0.5, 0.6) is 0 Å². The zero-order chi connectivity index (χ0) is 13.4. The van der Waals surface area contributed by atoms with E-state index in [1.54, 1.807) is 25.3 Å². The Morgan fingerprint density at radius 3 is 2.83 bits per heavy atom. The third-order valence-electron chi connectivity index (χ3n) is 2.09. The van der Waals surface area contributed by atoms with Gasteiger partial charge in [-0.25, -0.2) is 9.78 Å². The minimum Gasteiger partial charge on any atom is -0.462 e. The summed E-state index contributed by atoms with van der Waals surface area (Å²) in [4.78, 5) is 27.0. The van der Waals surface area contributed by atoms with Crippen LogP contribution < -0.4 is 10.6 Å². The Hall–Kier alpha value is -2.11. The van der Waals surface area contributed by atoms with Gasteiger partial charge in [0.25, 0.3) is 0 Å². The monoisotopic (exact) mass is 251 g/mol. The van der Waals surface area contributed by atoms with Crippen molar-refractivity contribution in [2.75, 3.05) is 25.0 Å². The third-order valence-corrected chi connectivity index (χ3v) is 2.09. The van der Waals surface area contributed by atoms with Gasteiger partial charge in [0.05, 0.1) is 13.2 Å². The van der Waals surface area contributed by atoms with Crippen LogP contribution in [0.4, 0.5) is 5.82 Å². The Labute approximate surface area is 106 Å². The molecule has 18 heavy (non-hydrogen) atoms. The third kappa shape index (κ3) is 4.04. The number of carbonyl (C=O) groups excluding carboxylic acids is 2. The molecule has 98 valence electrons. The van der Waals surface area contributed by atoms with Gasteiger partial charge in [-0.3, -0.25) is 4.79 Å². The van der Waals surface area contributed by atoms with Crippen LogP contribution >= 0.6 is 0 Å². The molecular formula is C12H17N3O3. The minimum atomic E-state index is -0.455. The predicted octanol–water partition coefficient (Wildman–Crippen LogP) is 0.806. The van der Waals surface area contributed by atoms with Crippen molar-refractivity contribution in [3.05, 3.63) is 23.9 Å². The maximum absolute atomic E-state index is 11.6. The fraction of sp³-hybridized carbons (Fsp3) is 0.417. The van der Waals surface area contributed by atoms with Crippen molar-refractivity contribution < 1.29 is 14.3 Å². The number of anilines is 1. The molecule has 0 saturated carbocycles. The van der Waals surface area contributed by atoms with Crippen LogP contribution in [0.15, 0.2) is 18.3 Å². The van der Waals surface area contributed by atoms with Gasteiger partial charge < -0.3 is 15.4 Å². The van der Waals surface area contributed by atoms with Crippen LogP contribution in [-0.4, -0.2) is 36.6 Å². The summed E-state index contributed by atoms with van der Waals surface area (Å²) in [6.45, 7) is 4.49. The normalized spacial score (nSPS) is 9.67. The summed E-state index contributed by atoms with van der Waals surface area (Å²) < 4.78 is 4.90. The Morgan fingerprint density at radius 2 is 2.17 bits per heavy atom. The molecule has 0 aliphatic carbocycles. The van der Waals surface area contributed by atoms with Gasteiger partial charge in [0, 0.05) is 12.7 Å². The highest BCUT2D eigenvalue weighted by Crippen LogP contribution is 2.12. The van der Waals surface area contributed by atoms with E-state index in [4.69, 9.17) is 4.74 Å². The number of hydrogen-bond acceptors (Lipinski definition) is 5. The molecule has 0 aliphatic rings. The lowest BCUT2D eigenvalue weighted by Crippen LogP contribution is -2.30. The minimum absolute atomic E-state index is 0.0667. The fourth-order valence-electron chi connectivity index (χ4n) is 1.34. The van der Waals surface area contributed by atoms with Gasteiger partial charge in [0.15, 0.2) is 0 Å². The van der Waals surface area contributed by atoms with Crippen molar-refractivity contribution in [3.63, 3.8) is 0 Å². The van der Waals surface area contributed by atoms with Gasteiger partial charge >= 0.3 is 5.97 Å². The largest absolute Gasteiger partial charge is 0.462 e. The molecule has 0 saturated heterocycles. The number of amides is 1. The summed E-state index contributed by atoms with van der Waals surface area (Å²) in [5, 5.41) is 5.46. The average Bonchev–Trinajstić information content (AvgIpc) is 2.37. The number of esters is 1. The van der Waals surface area contributed by atoms with Crippen molar-refractivity contribution in [1.29, 1.82) is 0 Å². The molecule has 6 nitrogen and oxygen atoms in total. The van der Waals surface area contributed by atoms with Gasteiger partial charge in [-0.05, 0) is 26.0 Å². The number of ether oxygens (including phenoxy) is 1. The molecule has 0 aliphatic heterocycles. The molecule has 2 N–H and O–H groups in total. The molecule has 0 fully saturated rings. The molecule has 1 aromatic heterocycles. The van der Waals surface area contributed by atoms with Gasteiger partial charge in [-0.1, -0.05) is 0 Å². The Bertz CT molecular complexity index is 421.